The first-order chi connectivity index (χ1) is 19.9. The summed E-state index contributed by atoms with van der Waals surface area (Å²) in [5.41, 5.74) is 0.848. The number of piperidine rings is 2. The third-order valence-electron chi connectivity index (χ3n) is 7.26. The number of amides is 2. The van der Waals surface area contributed by atoms with E-state index in [1.54, 1.807) is 19.3 Å². The van der Waals surface area contributed by atoms with Gasteiger partial charge in [0.05, 0.1) is 0 Å². The maximum atomic E-state index is 13.5. The van der Waals surface area contributed by atoms with Crippen molar-refractivity contribution in [3.05, 3.63) is 53.8 Å². The molecule has 230 valence electrons. The van der Waals surface area contributed by atoms with Crippen LogP contribution in [0.3, 0.4) is 0 Å². The van der Waals surface area contributed by atoms with E-state index in [2.05, 4.69) is 9.88 Å². The van der Waals surface area contributed by atoms with Crippen LogP contribution in [0.4, 0.5) is 18.9 Å². The minimum Gasteiger partial charge on any atom is -0.490 e. The van der Waals surface area contributed by atoms with Gasteiger partial charge >= 0.3 is 12.1 Å². The first-order valence-electron chi connectivity index (χ1n) is 13.9. The minimum atomic E-state index is -5.08. The van der Waals surface area contributed by atoms with E-state index in [-0.39, 0.29) is 23.8 Å². The molecule has 0 aliphatic carbocycles. The monoisotopic (exact) mass is 612 g/mol. The normalized spacial score (nSPS) is 16.7. The number of hydrogen-bond donors (Lipinski definition) is 1. The van der Waals surface area contributed by atoms with Gasteiger partial charge in [-0.25, -0.2) is 4.79 Å². The van der Waals surface area contributed by atoms with Crippen molar-refractivity contribution >= 4 is 35.1 Å². The zero-order chi connectivity index (χ0) is 30.7. The summed E-state index contributed by atoms with van der Waals surface area (Å²) in [6.07, 6.45) is 2.95. The van der Waals surface area contributed by atoms with Crippen LogP contribution in [-0.2, 0) is 14.4 Å². The topological polar surface area (TPSA) is 103 Å². The molecule has 13 heteroatoms. The van der Waals surface area contributed by atoms with Gasteiger partial charge in [-0.05, 0) is 69.0 Å². The van der Waals surface area contributed by atoms with Gasteiger partial charge in [0.2, 0.25) is 11.8 Å². The molecule has 0 bridgehead atoms. The van der Waals surface area contributed by atoms with Gasteiger partial charge in [0.1, 0.15) is 11.9 Å². The summed E-state index contributed by atoms with van der Waals surface area (Å²) in [6.45, 7) is 6.45. The molecule has 0 radical (unpaired) electrons. The van der Waals surface area contributed by atoms with Crippen LogP contribution in [0.25, 0.3) is 0 Å². The maximum Gasteiger partial charge on any atom is 0.490 e. The molecule has 2 fully saturated rings. The molecule has 0 saturated carbocycles. The second-order valence-electron chi connectivity index (χ2n) is 10.2. The molecule has 2 aliphatic rings. The lowest BCUT2D eigenvalue weighted by molar-refractivity contribution is -0.192. The maximum absolute atomic E-state index is 13.5. The summed E-state index contributed by atoms with van der Waals surface area (Å²) in [5, 5.41) is 7.75. The van der Waals surface area contributed by atoms with E-state index in [4.69, 9.17) is 26.2 Å². The Morgan fingerprint density at radius 1 is 1.05 bits per heavy atom. The van der Waals surface area contributed by atoms with Gasteiger partial charge in [-0.2, -0.15) is 13.2 Å². The standard InChI is InChI=1S/C27H35ClN4O3.C2HF3O2/c1-21(33)31-18-8-22(9-19-31)27(34)32(24-5-2-4-23(28)20-24)15-3-14-30-16-10-26(11-17-30)35-25-6-12-29-13-7-25;3-2(4,5)1(6)7/h2,4-7,12-13,20,22,26H,3,8-11,14-19H2,1H3;(H,6,7). The van der Waals surface area contributed by atoms with E-state index >= 15 is 0 Å². The molecule has 4 rings (SSSR count). The molecule has 1 aromatic heterocycles. The molecule has 3 heterocycles. The second-order valence-corrected chi connectivity index (χ2v) is 10.7. The summed E-state index contributed by atoms with van der Waals surface area (Å²) in [7, 11) is 0. The zero-order valence-electron chi connectivity index (χ0n) is 23.4. The summed E-state index contributed by atoms with van der Waals surface area (Å²) in [5.74, 6) is -1.72. The predicted molar refractivity (Wildman–Crippen MR) is 151 cm³/mol. The average molecular weight is 613 g/mol. The first-order valence-corrected chi connectivity index (χ1v) is 14.2. The molecular formula is C29H36ClF3N4O5. The molecule has 1 N–H and O–H groups in total. The Bertz CT molecular complexity index is 1170. The van der Waals surface area contributed by atoms with Crippen molar-refractivity contribution in [2.75, 3.05) is 44.2 Å². The van der Waals surface area contributed by atoms with E-state index in [1.165, 1.54) is 0 Å². The van der Waals surface area contributed by atoms with E-state index in [1.807, 2.05) is 46.2 Å². The van der Waals surface area contributed by atoms with Gasteiger partial charge in [0.25, 0.3) is 0 Å². The van der Waals surface area contributed by atoms with Gasteiger partial charge in [0.15, 0.2) is 0 Å². The van der Waals surface area contributed by atoms with Gasteiger partial charge in [0, 0.05) is 68.7 Å². The number of pyridine rings is 1. The van der Waals surface area contributed by atoms with Gasteiger partial charge in [-0.3, -0.25) is 14.6 Å². The third-order valence-corrected chi connectivity index (χ3v) is 7.50. The van der Waals surface area contributed by atoms with Gasteiger partial charge < -0.3 is 24.5 Å². The van der Waals surface area contributed by atoms with E-state index in [0.717, 1.165) is 50.3 Å². The van der Waals surface area contributed by atoms with Crippen molar-refractivity contribution in [3.8, 4) is 5.75 Å². The predicted octanol–water partition coefficient (Wildman–Crippen LogP) is 4.89. The largest absolute Gasteiger partial charge is 0.490 e. The lowest BCUT2D eigenvalue weighted by Gasteiger charge is -2.35. The van der Waals surface area contributed by atoms with Gasteiger partial charge in [-0.1, -0.05) is 17.7 Å². The Hall–Kier alpha value is -3.38. The number of anilines is 1. The fourth-order valence-electron chi connectivity index (χ4n) is 4.98. The highest BCUT2D eigenvalue weighted by atomic mass is 35.5. The SMILES string of the molecule is CC(=O)N1CCC(C(=O)N(CCCN2CCC(Oc3ccncc3)CC2)c2cccc(Cl)c2)CC1.O=C(O)C(F)(F)F. The lowest BCUT2D eigenvalue weighted by Crippen LogP contribution is -2.45. The Labute approximate surface area is 248 Å². The van der Waals surface area contributed by atoms with Crippen LogP contribution in [0.15, 0.2) is 48.8 Å². The summed E-state index contributed by atoms with van der Waals surface area (Å²) < 4.78 is 37.8. The molecule has 2 aromatic rings. The Morgan fingerprint density at radius 2 is 1.67 bits per heavy atom. The number of carboxylic acid groups (broad SMARTS) is 1. The highest BCUT2D eigenvalue weighted by Crippen LogP contribution is 2.26. The van der Waals surface area contributed by atoms with Crippen LogP contribution >= 0.6 is 11.6 Å². The molecular weight excluding hydrogens is 577 g/mol. The van der Waals surface area contributed by atoms with E-state index in [9.17, 15) is 22.8 Å². The number of carboxylic acids is 1. The summed E-state index contributed by atoms with van der Waals surface area (Å²) in [4.78, 5) is 44.3. The summed E-state index contributed by atoms with van der Waals surface area (Å²) >= 11 is 6.26. The molecule has 0 atom stereocenters. The third kappa shape index (κ3) is 10.5. The van der Waals surface area contributed by atoms with Crippen molar-refractivity contribution in [3.63, 3.8) is 0 Å². The number of halogens is 4. The number of carbonyl (C=O) groups is 3. The molecule has 1 aromatic carbocycles. The van der Waals surface area contributed by atoms with Crippen LogP contribution in [0.1, 0.15) is 39.0 Å². The summed E-state index contributed by atoms with van der Waals surface area (Å²) in [6, 6.07) is 11.3. The van der Waals surface area contributed by atoms with Crippen LogP contribution in [0.2, 0.25) is 5.02 Å². The minimum absolute atomic E-state index is 0.0642. The molecule has 0 unspecified atom stereocenters. The molecule has 2 saturated heterocycles. The Balaban J connectivity index is 0.000000616. The number of rotatable bonds is 8. The lowest BCUT2D eigenvalue weighted by atomic mass is 9.94. The molecule has 9 nitrogen and oxygen atoms in total. The number of benzene rings is 1. The fraction of sp³-hybridized carbons (Fsp3) is 0.517. The Morgan fingerprint density at radius 3 is 2.21 bits per heavy atom. The first kappa shape index (κ1) is 33.1. The van der Waals surface area contributed by atoms with Gasteiger partial charge in [-0.15, -0.1) is 0 Å². The number of likely N-dealkylation sites (tertiary alicyclic amines) is 2. The number of aromatic nitrogens is 1. The molecule has 42 heavy (non-hydrogen) atoms. The average Bonchev–Trinajstić information content (AvgIpc) is 2.96. The number of ether oxygens (including phenoxy) is 1. The van der Waals surface area contributed by atoms with E-state index in [0.29, 0.717) is 37.5 Å². The molecule has 2 aliphatic heterocycles. The van der Waals surface area contributed by atoms with Crippen molar-refractivity contribution in [1.29, 1.82) is 0 Å². The number of nitrogens with zero attached hydrogens (tertiary/aromatic N) is 4. The zero-order valence-corrected chi connectivity index (χ0v) is 24.2. The second kappa shape index (κ2) is 15.7. The quantitative estimate of drug-likeness (QED) is 0.453. The van der Waals surface area contributed by atoms with Crippen molar-refractivity contribution < 1.29 is 37.4 Å². The fourth-order valence-corrected chi connectivity index (χ4v) is 5.17. The van der Waals surface area contributed by atoms with Crippen LogP contribution in [0.5, 0.6) is 5.75 Å². The molecule has 0 spiro atoms. The Kier molecular flexibility index (Phi) is 12.4. The highest BCUT2D eigenvalue weighted by molar-refractivity contribution is 6.30. The van der Waals surface area contributed by atoms with Crippen molar-refractivity contribution in [1.82, 2.24) is 14.8 Å². The number of carbonyl (C=O) groups excluding carboxylic acids is 2. The van der Waals surface area contributed by atoms with Crippen molar-refractivity contribution in [2.24, 2.45) is 5.92 Å². The van der Waals surface area contributed by atoms with Crippen molar-refractivity contribution in [2.45, 2.75) is 51.3 Å². The molecule has 2 amide bonds. The smallest absolute Gasteiger partial charge is 0.490 e. The van der Waals surface area contributed by atoms with Crippen LogP contribution < -0.4 is 9.64 Å². The van der Waals surface area contributed by atoms with E-state index < -0.39 is 12.1 Å². The van der Waals surface area contributed by atoms with Crippen LogP contribution in [-0.4, -0.2) is 89.2 Å². The highest BCUT2D eigenvalue weighted by Gasteiger charge is 2.38. The number of aliphatic carboxylic acids is 1. The number of hydrogen-bond acceptors (Lipinski definition) is 6. The van der Waals surface area contributed by atoms with Crippen LogP contribution in [0, 0.1) is 5.92 Å². The number of alkyl halides is 3.